The maximum atomic E-state index is 12.8. The number of nitrogens with one attached hydrogen (secondary N) is 1. The van der Waals surface area contributed by atoms with E-state index in [9.17, 15) is 4.79 Å². The summed E-state index contributed by atoms with van der Waals surface area (Å²) in [4.78, 5) is 19.2. The fraction of sp³-hybridized carbons (Fsp3) is 0.455. The Bertz CT molecular complexity index is 844. The van der Waals surface area contributed by atoms with E-state index in [1.165, 1.54) is 0 Å². The summed E-state index contributed by atoms with van der Waals surface area (Å²) in [5, 5.41) is 3.31. The summed E-state index contributed by atoms with van der Waals surface area (Å²) in [5.74, 6) is 2.10. The van der Waals surface area contributed by atoms with E-state index in [0.717, 1.165) is 23.4 Å². The first-order valence-electron chi connectivity index (χ1n) is 9.76. The largest absolute Gasteiger partial charge is 0.493 e. The van der Waals surface area contributed by atoms with E-state index < -0.39 is 0 Å². The molecule has 7 heteroatoms. The van der Waals surface area contributed by atoms with Gasteiger partial charge in [-0.15, -0.1) is 0 Å². The smallest absolute Gasteiger partial charge is 0.240 e. The van der Waals surface area contributed by atoms with Crippen LogP contribution in [0.25, 0.3) is 11.3 Å². The van der Waals surface area contributed by atoms with Gasteiger partial charge in [-0.2, -0.15) is 0 Å². The second kappa shape index (κ2) is 9.13. The molecular formula is C22H29N3O4. The number of carbonyl (C=O) groups excluding carboxylic acids is 1. The van der Waals surface area contributed by atoms with E-state index in [-0.39, 0.29) is 17.9 Å². The van der Waals surface area contributed by atoms with Crippen LogP contribution in [0, 0.1) is 5.92 Å². The van der Waals surface area contributed by atoms with Gasteiger partial charge < -0.3 is 24.4 Å². The van der Waals surface area contributed by atoms with Gasteiger partial charge in [-0.1, -0.05) is 13.8 Å². The van der Waals surface area contributed by atoms with Crippen molar-refractivity contribution in [3.8, 4) is 28.5 Å². The maximum absolute atomic E-state index is 12.8. The zero-order chi connectivity index (χ0) is 21.0. The number of hydrogen-bond acceptors (Lipinski definition) is 6. The summed E-state index contributed by atoms with van der Waals surface area (Å²) >= 11 is 0. The van der Waals surface area contributed by atoms with Crippen LogP contribution in [0.3, 0.4) is 0 Å². The molecule has 1 atom stereocenters. The van der Waals surface area contributed by atoms with Crippen LogP contribution in [-0.4, -0.2) is 56.3 Å². The Morgan fingerprint density at radius 2 is 1.83 bits per heavy atom. The van der Waals surface area contributed by atoms with Crippen molar-refractivity contribution in [3.63, 3.8) is 0 Å². The third kappa shape index (κ3) is 4.45. The monoisotopic (exact) mass is 399 g/mol. The van der Waals surface area contributed by atoms with Crippen molar-refractivity contribution in [2.24, 2.45) is 5.92 Å². The molecule has 3 rings (SSSR count). The van der Waals surface area contributed by atoms with E-state index >= 15 is 0 Å². The summed E-state index contributed by atoms with van der Waals surface area (Å²) in [6, 6.07) is 7.57. The maximum Gasteiger partial charge on any atom is 0.240 e. The Hall–Kier alpha value is -2.80. The number of carbonyl (C=O) groups is 1. The highest BCUT2D eigenvalue weighted by Crippen LogP contribution is 2.40. The summed E-state index contributed by atoms with van der Waals surface area (Å²) in [6.45, 7) is 6.19. The van der Waals surface area contributed by atoms with Gasteiger partial charge in [0.15, 0.2) is 11.5 Å². The van der Waals surface area contributed by atoms with E-state index in [2.05, 4.69) is 24.1 Å². The number of methoxy groups -OCH3 is 3. The summed E-state index contributed by atoms with van der Waals surface area (Å²) < 4.78 is 16.3. The molecule has 1 saturated heterocycles. The third-order valence-corrected chi connectivity index (χ3v) is 5.15. The average Bonchev–Trinajstić information content (AvgIpc) is 2.74. The van der Waals surface area contributed by atoms with Crippen LogP contribution < -0.4 is 19.5 Å². The standard InChI is InChI=1S/C22H29N3O4/c1-14(2)20-22(26)25(9-8-24-20)13-15-6-7-23-17(10-15)16-11-18(27-3)21(29-5)19(12-16)28-4/h6-7,10-12,14,20,24H,8-9,13H2,1-5H3/t20-/m0/s1. The third-order valence-electron chi connectivity index (χ3n) is 5.15. The highest BCUT2D eigenvalue weighted by molar-refractivity contribution is 5.83. The molecule has 1 N–H and O–H groups in total. The Balaban J connectivity index is 1.87. The van der Waals surface area contributed by atoms with Crippen molar-refractivity contribution < 1.29 is 19.0 Å². The van der Waals surface area contributed by atoms with Crippen molar-refractivity contribution in [1.82, 2.24) is 15.2 Å². The molecular weight excluding hydrogens is 370 g/mol. The number of ether oxygens (including phenoxy) is 3. The van der Waals surface area contributed by atoms with Gasteiger partial charge >= 0.3 is 0 Å². The zero-order valence-electron chi connectivity index (χ0n) is 17.7. The van der Waals surface area contributed by atoms with Crippen molar-refractivity contribution >= 4 is 5.91 Å². The van der Waals surface area contributed by atoms with Crippen molar-refractivity contribution in [2.75, 3.05) is 34.4 Å². The van der Waals surface area contributed by atoms with Gasteiger partial charge in [0.1, 0.15) is 0 Å². The van der Waals surface area contributed by atoms with Crippen LogP contribution in [-0.2, 0) is 11.3 Å². The fourth-order valence-corrected chi connectivity index (χ4v) is 3.61. The Morgan fingerprint density at radius 3 is 2.41 bits per heavy atom. The summed E-state index contributed by atoms with van der Waals surface area (Å²) in [6.07, 6.45) is 1.76. The lowest BCUT2D eigenvalue weighted by Gasteiger charge is -2.35. The van der Waals surface area contributed by atoms with Crippen LogP contribution in [0.2, 0.25) is 0 Å². The molecule has 2 heterocycles. The molecule has 1 aromatic heterocycles. The Labute approximate surface area is 172 Å². The zero-order valence-corrected chi connectivity index (χ0v) is 17.7. The molecule has 0 radical (unpaired) electrons. The van der Waals surface area contributed by atoms with Gasteiger partial charge in [0, 0.05) is 31.4 Å². The number of nitrogens with zero attached hydrogens (tertiary/aromatic N) is 2. The lowest BCUT2D eigenvalue weighted by molar-refractivity contribution is -0.137. The molecule has 0 unspecified atom stereocenters. The minimum absolute atomic E-state index is 0.125. The Kier molecular flexibility index (Phi) is 6.59. The molecule has 0 saturated carbocycles. The van der Waals surface area contributed by atoms with E-state index in [4.69, 9.17) is 14.2 Å². The highest BCUT2D eigenvalue weighted by Gasteiger charge is 2.30. The number of amides is 1. The quantitative estimate of drug-likeness (QED) is 0.772. The molecule has 1 aliphatic rings. The minimum Gasteiger partial charge on any atom is -0.493 e. The first-order chi connectivity index (χ1) is 14.0. The number of pyridine rings is 1. The second-order valence-corrected chi connectivity index (χ2v) is 7.40. The SMILES string of the molecule is COc1cc(-c2cc(CN3CCN[C@@H](C(C)C)C3=O)ccn2)cc(OC)c1OC. The normalized spacial score (nSPS) is 16.8. The molecule has 0 aliphatic carbocycles. The molecule has 7 nitrogen and oxygen atoms in total. The van der Waals surface area contributed by atoms with Crippen molar-refractivity contribution in [1.29, 1.82) is 0 Å². The van der Waals surface area contributed by atoms with Crippen molar-refractivity contribution in [2.45, 2.75) is 26.4 Å². The Morgan fingerprint density at radius 1 is 1.14 bits per heavy atom. The topological polar surface area (TPSA) is 72.9 Å². The molecule has 1 amide bonds. The van der Waals surface area contributed by atoms with Gasteiger partial charge in [-0.3, -0.25) is 9.78 Å². The molecule has 2 aromatic rings. The number of aromatic nitrogens is 1. The molecule has 1 aromatic carbocycles. The predicted octanol–water partition coefficient (Wildman–Crippen LogP) is 2.73. The first-order valence-corrected chi connectivity index (χ1v) is 9.76. The number of hydrogen-bond donors (Lipinski definition) is 1. The van der Waals surface area contributed by atoms with Gasteiger partial charge in [-0.25, -0.2) is 0 Å². The molecule has 1 fully saturated rings. The minimum atomic E-state index is -0.125. The second-order valence-electron chi connectivity index (χ2n) is 7.40. The van der Waals surface area contributed by atoms with Gasteiger partial charge in [-0.05, 0) is 35.7 Å². The molecule has 0 spiro atoms. The van der Waals surface area contributed by atoms with Crippen LogP contribution >= 0.6 is 0 Å². The van der Waals surface area contributed by atoms with Crippen LogP contribution in [0.1, 0.15) is 19.4 Å². The van der Waals surface area contributed by atoms with Gasteiger partial charge in [0.05, 0.1) is 33.1 Å². The lowest BCUT2D eigenvalue weighted by Crippen LogP contribution is -2.56. The van der Waals surface area contributed by atoms with E-state index in [1.54, 1.807) is 27.5 Å². The fourth-order valence-electron chi connectivity index (χ4n) is 3.61. The number of rotatable bonds is 7. The van der Waals surface area contributed by atoms with Crippen molar-refractivity contribution in [3.05, 3.63) is 36.0 Å². The molecule has 0 bridgehead atoms. The van der Waals surface area contributed by atoms with Crippen LogP contribution in [0.4, 0.5) is 0 Å². The van der Waals surface area contributed by atoms with Crippen LogP contribution in [0.15, 0.2) is 30.5 Å². The number of piperazine rings is 1. The lowest BCUT2D eigenvalue weighted by atomic mass is 10.0. The number of benzene rings is 1. The average molecular weight is 399 g/mol. The summed E-state index contributed by atoms with van der Waals surface area (Å²) in [7, 11) is 4.76. The van der Waals surface area contributed by atoms with Crippen LogP contribution in [0.5, 0.6) is 17.2 Å². The molecule has 156 valence electrons. The van der Waals surface area contributed by atoms with Gasteiger partial charge in [0.25, 0.3) is 0 Å². The summed E-state index contributed by atoms with van der Waals surface area (Å²) in [5.41, 5.74) is 2.67. The van der Waals surface area contributed by atoms with E-state index in [0.29, 0.717) is 30.3 Å². The molecule has 1 aliphatic heterocycles. The van der Waals surface area contributed by atoms with Gasteiger partial charge in [0.2, 0.25) is 11.7 Å². The first kappa shape index (κ1) is 20.9. The highest BCUT2D eigenvalue weighted by atomic mass is 16.5. The molecule has 29 heavy (non-hydrogen) atoms. The van der Waals surface area contributed by atoms with E-state index in [1.807, 2.05) is 29.2 Å². The predicted molar refractivity (Wildman–Crippen MR) is 111 cm³/mol.